The number of carboxylic acids is 1. The summed E-state index contributed by atoms with van der Waals surface area (Å²) in [6, 6.07) is 10.9. The van der Waals surface area contributed by atoms with E-state index in [4.69, 9.17) is 0 Å². The third kappa shape index (κ3) is 5.58. The Labute approximate surface area is 162 Å². The van der Waals surface area contributed by atoms with Crippen molar-refractivity contribution in [1.29, 1.82) is 0 Å². The molecule has 0 aromatic heterocycles. The largest absolute Gasteiger partial charge is 0.481 e. The summed E-state index contributed by atoms with van der Waals surface area (Å²) in [5.74, 6) is -1.57. The highest BCUT2D eigenvalue weighted by Gasteiger charge is 2.20. The molecule has 0 aliphatic rings. The molecular formula is C19H21NO5S2. The lowest BCUT2D eigenvalue weighted by atomic mass is 10.0. The molecule has 0 heterocycles. The first-order valence-corrected chi connectivity index (χ1v) is 11.2. The Morgan fingerprint density at radius 2 is 1.78 bits per heavy atom. The number of sulfone groups is 1. The summed E-state index contributed by atoms with van der Waals surface area (Å²) < 4.78 is 23.7. The highest BCUT2D eigenvalue weighted by atomic mass is 32.2. The molecule has 0 fully saturated rings. The number of benzene rings is 2. The van der Waals surface area contributed by atoms with Crippen molar-refractivity contribution < 1.29 is 23.1 Å². The normalized spacial score (nSPS) is 12.4. The Morgan fingerprint density at radius 1 is 1.15 bits per heavy atom. The molecule has 0 spiro atoms. The van der Waals surface area contributed by atoms with Gasteiger partial charge in [-0.15, -0.1) is 11.8 Å². The van der Waals surface area contributed by atoms with Crippen LogP contribution in [0.25, 0.3) is 0 Å². The van der Waals surface area contributed by atoms with E-state index in [1.165, 1.54) is 12.1 Å². The molecule has 144 valence electrons. The van der Waals surface area contributed by atoms with Crippen molar-refractivity contribution >= 4 is 33.5 Å². The van der Waals surface area contributed by atoms with Gasteiger partial charge < -0.3 is 10.4 Å². The molecule has 1 atom stereocenters. The standard InChI is InChI=1S/C19H21NO5S2/c1-12-4-5-14(10-17(12)27(3,24)25)19(23)20-16(11-18(21)22)13-6-8-15(26-2)9-7-13/h4-10,16H,11H2,1-3H3,(H,20,23)(H,21,22). The van der Waals surface area contributed by atoms with Gasteiger partial charge in [0.05, 0.1) is 17.4 Å². The van der Waals surface area contributed by atoms with E-state index in [9.17, 15) is 23.1 Å². The maximum absolute atomic E-state index is 12.6. The van der Waals surface area contributed by atoms with Gasteiger partial charge in [-0.05, 0) is 48.6 Å². The number of thioether (sulfide) groups is 1. The van der Waals surface area contributed by atoms with Crippen molar-refractivity contribution in [3.63, 3.8) is 0 Å². The minimum atomic E-state index is -3.47. The first-order valence-electron chi connectivity index (χ1n) is 8.09. The van der Waals surface area contributed by atoms with Gasteiger partial charge in [0.25, 0.3) is 5.91 Å². The van der Waals surface area contributed by atoms with E-state index in [0.29, 0.717) is 11.1 Å². The van der Waals surface area contributed by atoms with E-state index in [-0.39, 0.29) is 16.9 Å². The summed E-state index contributed by atoms with van der Waals surface area (Å²) >= 11 is 1.56. The monoisotopic (exact) mass is 407 g/mol. The molecule has 8 heteroatoms. The van der Waals surface area contributed by atoms with Crippen LogP contribution in [-0.4, -0.2) is 37.9 Å². The highest BCUT2D eigenvalue weighted by molar-refractivity contribution is 7.98. The van der Waals surface area contributed by atoms with Gasteiger partial charge in [0.1, 0.15) is 0 Å². The number of aryl methyl sites for hydroxylation is 1. The molecule has 1 amide bonds. The third-order valence-electron chi connectivity index (χ3n) is 4.05. The van der Waals surface area contributed by atoms with E-state index in [1.54, 1.807) is 36.9 Å². The van der Waals surface area contributed by atoms with Gasteiger partial charge in [-0.1, -0.05) is 18.2 Å². The number of carbonyl (C=O) groups is 2. The van der Waals surface area contributed by atoms with Crippen molar-refractivity contribution in [2.45, 2.75) is 29.2 Å². The molecule has 2 N–H and O–H groups in total. The van der Waals surface area contributed by atoms with Crippen LogP contribution < -0.4 is 5.32 Å². The fourth-order valence-electron chi connectivity index (χ4n) is 2.65. The van der Waals surface area contributed by atoms with Gasteiger partial charge in [0.15, 0.2) is 9.84 Å². The van der Waals surface area contributed by atoms with E-state index >= 15 is 0 Å². The molecule has 1 unspecified atom stereocenters. The quantitative estimate of drug-likeness (QED) is 0.684. The predicted octanol–water partition coefficient (Wildman–Crippen LogP) is 3.07. The summed E-state index contributed by atoms with van der Waals surface area (Å²) in [6.45, 7) is 1.65. The highest BCUT2D eigenvalue weighted by Crippen LogP contribution is 2.23. The van der Waals surface area contributed by atoms with Crippen LogP contribution in [0.3, 0.4) is 0 Å². The second-order valence-corrected chi connectivity index (χ2v) is 9.01. The molecule has 27 heavy (non-hydrogen) atoms. The number of rotatable bonds is 7. The van der Waals surface area contributed by atoms with Crippen LogP contribution >= 0.6 is 11.8 Å². The Balaban J connectivity index is 2.31. The van der Waals surface area contributed by atoms with Crippen LogP contribution in [0.4, 0.5) is 0 Å². The Bertz CT molecular complexity index is 953. The Hall–Kier alpha value is -2.32. The number of hydrogen-bond acceptors (Lipinski definition) is 5. The molecule has 0 saturated heterocycles. The Kier molecular flexibility index (Phi) is 6.67. The fourth-order valence-corrected chi connectivity index (χ4v) is 4.05. The molecule has 0 radical (unpaired) electrons. The second kappa shape index (κ2) is 8.58. The number of carbonyl (C=O) groups excluding carboxylic acids is 1. The van der Waals surface area contributed by atoms with Crippen molar-refractivity contribution in [3.05, 3.63) is 59.2 Å². The average molecular weight is 408 g/mol. The summed E-state index contributed by atoms with van der Waals surface area (Å²) in [7, 11) is -3.47. The maximum atomic E-state index is 12.6. The van der Waals surface area contributed by atoms with Crippen molar-refractivity contribution in [2.24, 2.45) is 0 Å². The molecular weight excluding hydrogens is 386 g/mol. The SMILES string of the molecule is CSc1ccc(C(CC(=O)O)NC(=O)c2ccc(C)c(S(C)(=O)=O)c2)cc1. The maximum Gasteiger partial charge on any atom is 0.305 e. The Morgan fingerprint density at radius 3 is 2.30 bits per heavy atom. The molecule has 6 nitrogen and oxygen atoms in total. The van der Waals surface area contributed by atoms with Gasteiger partial charge in [-0.25, -0.2) is 8.42 Å². The van der Waals surface area contributed by atoms with Crippen LogP contribution in [0.1, 0.15) is 33.9 Å². The van der Waals surface area contributed by atoms with E-state index in [1.807, 2.05) is 18.4 Å². The van der Waals surface area contributed by atoms with Crippen LogP contribution in [0, 0.1) is 6.92 Å². The van der Waals surface area contributed by atoms with Crippen LogP contribution in [0.15, 0.2) is 52.3 Å². The third-order valence-corrected chi connectivity index (χ3v) is 6.03. The topological polar surface area (TPSA) is 101 Å². The number of aliphatic carboxylic acids is 1. The minimum Gasteiger partial charge on any atom is -0.481 e. The number of nitrogens with one attached hydrogen (secondary N) is 1. The molecule has 0 saturated carbocycles. The van der Waals surface area contributed by atoms with Crippen LogP contribution in [0.5, 0.6) is 0 Å². The van der Waals surface area contributed by atoms with Crippen molar-refractivity contribution in [3.8, 4) is 0 Å². The summed E-state index contributed by atoms with van der Waals surface area (Å²) in [6.07, 6.45) is 2.73. The minimum absolute atomic E-state index is 0.0780. The molecule has 0 aliphatic heterocycles. The lowest BCUT2D eigenvalue weighted by Gasteiger charge is -2.18. The predicted molar refractivity (Wildman–Crippen MR) is 105 cm³/mol. The smallest absolute Gasteiger partial charge is 0.305 e. The van der Waals surface area contributed by atoms with Gasteiger partial charge in [-0.2, -0.15) is 0 Å². The zero-order valence-electron chi connectivity index (χ0n) is 15.2. The summed E-state index contributed by atoms with van der Waals surface area (Å²) in [4.78, 5) is 24.9. The first kappa shape index (κ1) is 21.0. The first-order chi connectivity index (χ1) is 12.6. The lowest BCUT2D eigenvalue weighted by molar-refractivity contribution is -0.137. The molecule has 2 aromatic carbocycles. The summed E-state index contributed by atoms with van der Waals surface area (Å²) in [5.41, 5.74) is 1.37. The zero-order valence-corrected chi connectivity index (χ0v) is 16.9. The van der Waals surface area contributed by atoms with Crippen molar-refractivity contribution in [2.75, 3.05) is 12.5 Å². The van der Waals surface area contributed by atoms with Gasteiger partial charge in [0.2, 0.25) is 0 Å². The zero-order chi connectivity index (χ0) is 20.2. The van der Waals surface area contributed by atoms with Crippen LogP contribution in [0.2, 0.25) is 0 Å². The van der Waals surface area contributed by atoms with E-state index in [0.717, 1.165) is 11.2 Å². The molecule has 2 aromatic rings. The lowest BCUT2D eigenvalue weighted by Crippen LogP contribution is -2.30. The van der Waals surface area contributed by atoms with Gasteiger partial charge >= 0.3 is 5.97 Å². The second-order valence-electron chi connectivity index (χ2n) is 6.15. The van der Waals surface area contributed by atoms with E-state index < -0.39 is 27.8 Å². The van der Waals surface area contributed by atoms with Crippen LogP contribution in [-0.2, 0) is 14.6 Å². The van der Waals surface area contributed by atoms with E-state index in [2.05, 4.69) is 5.32 Å². The number of hydrogen-bond donors (Lipinski definition) is 2. The average Bonchev–Trinajstić information content (AvgIpc) is 2.60. The van der Waals surface area contributed by atoms with Gasteiger partial charge in [-0.3, -0.25) is 9.59 Å². The summed E-state index contributed by atoms with van der Waals surface area (Å²) in [5, 5.41) is 11.9. The number of amides is 1. The molecule has 2 rings (SSSR count). The molecule has 0 bridgehead atoms. The fraction of sp³-hybridized carbons (Fsp3) is 0.263. The number of carboxylic acid groups (broad SMARTS) is 1. The molecule has 0 aliphatic carbocycles. The van der Waals surface area contributed by atoms with Crippen molar-refractivity contribution in [1.82, 2.24) is 5.32 Å². The van der Waals surface area contributed by atoms with Gasteiger partial charge in [0, 0.05) is 16.7 Å².